The zero-order valence-corrected chi connectivity index (χ0v) is 13.1. The van der Waals surface area contributed by atoms with Crippen molar-refractivity contribution >= 4 is 11.6 Å². The van der Waals surface area contributed by atoms with Gasteiger partial charge < -0.3 is 20.7 Å². The van der Waals surface area contributed by atoms with Crippen molar-refractivity contribution in [2.45, 2.75) is 43.9 Å². The first-order valence-corrected chi connectivity index (χ1v) is 8.05. The molecule has 122 valence electrons. The molecule has 0 aliphatic carbocycles. The van der Waals surface area contributed by atoms with Gasteiger partial charge in [0.1, 0.15) is 6.10 Å². The largest absolute Gasteiger partial charge is 0.367 e. The van der Waals surface area contributed by atoms with Gasteiger partial charge >= 0.3 is 0 Å². The van der Waals surface area contributed by atoms with Crippen molar-refractivity contribution in [3.05, 3.63) is 12.4 Å². The molecule has 3 heterocycles. The normalized spacial score (nSPS) is 28.8. The highest BCUT2D eigenvalue weighted by Gasteiger charge is 2.32. The van der Waals surface area contributed by atoms with Gasteiger partial charge in [-0.1, -0.05) is 0 Å². The Balaban J connectivity index is 1.53. The van der Waals surface area contributed by atoms with Crippen LogP contribution in [0.5, 0.6) is 0 Å². The number of nitrogens with one attached hydrogen (secondary N) is 1. The van der Waals surface area contributed by atoms with Gasteiger partial charge in [-0.25, -0.2) is 0 Å². The third-order valence-corrected chi connectivity index (χ3v) is 4.49. The lowest BCUT2D eigenvalue weighted by atomic mass is 10.0. The van der Waals surface area contributed by atoms with Crippen LogP contribution < -0.4 is 16.0 Å². The summed E-state index contributed by atoms with van der Waals surface area (Å²) in [6.45, 7) is 2.32. The van der Waals surface area contributed by atoms with E-state index in [-0.39, 0.29) is 24.2 Å². The molecule has 3 N–H and O–H groups in total. The summed E-state index contributed by atoms with van der Waals surface area (Å²) in [4.78, 5) is 14.6. The maximum Gasteiger partial charge on any atom is 0.249 e. The molecule has 2 aliphatic rings. The second kappa shape index (κ2) is 6.66. The molecule has 0 spiro atoms. The maximum atomic E-state index is 12.3. The van der Waals surface area contributed by atoms with E-state index in [9.17, 15) is 4.79 Å². The molecule has 1 aromatic heterocycles. The lowest BCUT2D eigenvalue weighted by molar-refractivity contribution is -0.132. The fourth-order valence-electron chi connectivity index (χ4n) is 3.27. The predicted octanol–water partition coefficient (Wildman–Crippen LogP) is 0.0114. The number of nitrogens with two attached hydrogens (primary N) is 1. The van der Waals surface area contributed by atoms with Gasteiger partial charge in [0, 0.05) is 38.9 Å². The molecule has 3 atom stereocenters. The number of aryl methyl sites for hydroxylation is 1. The maximum absolute atomic E-state index is 12.3. The molecule has 7 heteroatoms. The summed E-state index contributed by atoms with van der Waals surface area (Å²) >= 11 is 0. The summed E-state index contributed by atoms with van der Waals surface area (Å²) in [5.74, 6) is 0.00832. The van der Waals surface area contributed by atoms with Crippen molar-refractivity contribution in [2.75, 3.05) is 24.5 Å². The van der Waals surface area contributed by atoms with Crippen LogP contribution in [0.25, 0.3) is 0 Å². The average Bonchev–Trinajstić information content (AvgIpc) is 3.16. The van der Waals surface area contributed by atoms with E-state index >= 15 is 0 Å². The Morgan fingerprint density at radius 3 is 3.05 bits per heavy atom. The molecule has 2 aliphatic heterocycles. The smallest absolute Gasteiger partial charge is 0.249 e. The van der Waals surface area contributed by atoms with Crippen LogP contribution in [-0.2, 0) is 16.6 Å². The summed E-state index contributed by atoms with van der Waals surface area (Å²) in [6, 6.07) is 0.169. The number of hydrogen-bond donors (Lipinski definition) is 2. The van der Waals surface area contributed by atoms with Gasteiger partial charge in [-0.15, -0.1) is 0 Å². The molecule has 22 heavy (non-hydrogen) atoms. The van der Waals surface area contributed by atoms with Crippen LogP contribution in [0, 0.1) is 0 Å². The van der Waals surface area contributed by atoms with Crippen molar-refractivity contribution in [2.24, 2.45) is 12.8 Å². The third kappa shape index (κ3) is 3.41. The van der Waals surface area contributed by atoms with E-state index in [1.54, 1.807) is 4.68 Å². The van der Waals surface area contributed by atoms with E-state index in [4.69, 9.17) is 10.5 Å². The number of ether oxygens (including phenoxy) is 1. The zero-order chi connectivity index (χ0) is 15.5. The van der Waals surface area contributed by atoms with Crippen molar-refractivity contribution in [3.63, 3.8) is 0 Å². The molecule has 0 aromatic carbocycles. The van der Waals surface area contributed by atoms with E-state index in [2.05, 4.69) is 15.3 Å². The molecule has 3 rings (SSSR count). The van der Waals surface area contributed by atoms with Crippen LogP contribution in [0.15, 0.2) is 12.4 Å². The third-order valence-electron chi connectivity index (χ3n) is 4.49. The summed E-state index contributed by atoms with van der Waals surface area (Å²) in [5.41, 5.74) is 6.71. The quantitative estimate of drug-likeness (QED) is 0.818. The average molecular weight is 307 g/mol. The molecule has 1 amide bonds. The SMILES string of the molecule is Cn1cc(N2CCCC(NC(=O)[C@@H]3CC[C@H](CN)O3)C2)cn1. The zero-order valence-electron chi connectivity index (χ0n) is 13.1. The van der Waals surface area contributed by atoms with Gasteiger partial charge in [0.15, 0.2) is 0 Å². The molecular weight excluding hydrogens is 282 g/mol. The molecule has 0 saturated carbocycles. The fourth-order valence-corrected chi connectivity index (χ4v) is 3.27. The Kier molecular flexibility index (Phi) is 4.63. The summed E-state index contributed by atoms with van der Waals surface area (Å²) in [7, 11) is 1.91. The molecule has 1 aromatic rings. The number of nitrogens with zero attached hydrogens (tertiary/aromatic N) is 3. The second-order valence-corrected chi connectivity index (χ2v) is 6.23. The number of carbonyl (C=O) groups excluding carboxylic acids is 1. The lowest BCUT2D eigenvalue weighted by Crippen LogP contribution is -2.50. The molecule has 0 radical (unpaired) electrons. The molecule has 1 unspecified atom stereocenters. The van der Waals surface area contributed by atoms with Gasteiger partial charge in [-0.2, -0.15) is 5.10 Å². The van der Waals surface area contributed by atoms with Gasteiger partial charge in [0.2, 0.25) is 5.91 Å². The Morgan fingerprint density at radius 2 is 2.36 bits per heavy atom. The van der Waals surface area contributed by atoms with Crippen LogP contribution in [0.3, 0.4) is 0 Å². The Bertz CT molecular complexity index is 518. The first-order chi connectivity index (χ1) is 10.7. The number of rotatable bonds is 4. The van der Waals surface area contributed by atoms with E-state index in [1.165, 1.54) is 0 Å². The number of aromatic nitrogens is 2. The van der Waals surface area contributed by atoms with Crippen molar-refractivity contribution in [3.8, 4) is 0 Å². The highest BCUT2D eigenvalue weighted by Crippen LogP contribution is 2.21. The minimum absolute atomic E-state index is 0.00832. The van der Waals surface area contributed by atoms with Gasteiger partial charge in [-0.05, 0) is 25.7 Å². The van der Waals surface area contributed by atoms with E-state index in [0.717, 1.165) is 44.5 Å². The molecular formula is C15H25N5O2. The summed E-state index contributed by atoms with van der Waals surface area (Å²) < 4.78 is 7.47. The number of piperidine rings is 1. The number of amides is 1. The number of hydrogen-bond acceptors (Lipinski definition) is 5. The second-order valence-electron chi connectivity index (χ2n) is 6.23. The van der Waals surface area contributed by atoms with E-state index in [1.807, 2.05) is 19.4 Å². The standard InChI is InChI=1S/C15H25N5O2/c1-19-10-12(8-17-19)20-6-2-3-11(9-20)18-15(21)14-5-4-13(7-16)22-14/h8,10-11,13-14H,2-7,9,16H2,1H3,(H,18,21)/t11?,13-,14+/m1/s1. The van der Waals surface area contributed by atoms with Crippen LogP contribution in [-0.4, -0.2) is 53.6 Å². The Hall–Kier alpha value is -1.60. The first-order valence-electron chi connectivity index (χ1n) is 8.05. The number of anilines is 1. The predicted molar refractivity (Wildman–Crippen MR) is 83.5 cm³/mol. The van der Waals surface area contributed by atoms with Crippen molar-refractivity contribution < 1.29 is 9.53 Å². The highest BCUT2D eigenvalue weighted by molar-refractivity contribution is 5.81. The first kappa shape index (κ1) is 15.3. The molecule has 2 fully saturated rings. The van der Waals surface area contributed by atoms with Gasteiger partial charge in [0.05, 0.1) is 18.0 Å². The monoisotopic (exact) mass is 307 g/mol. The molecule has 0 bridgehead atoms. The molecule has 2 saturated heterocycles. The Morgan fingerprint density at radius 1 is 1.50 bits per heavy atom. The van der Waals surface area contributed by atoms with Crippen LogP contribution in [0.2, 0.25) is 0 Å². The van der Waals surface area contributed by atoms with E-state index in [0.29, 0.717) is 6.54 Å². The minimum atomic E-state index is -0.331. The van der Waals surface area contributed by atoms with Crippen molar-refractivity contribution in [1.29, 1.82) is 0 Å². The fraction of sp³-hybridized carbons (Fsp3) is 0.733. The van der Waals surface area contributed by atoms with E-state index < -0.39 is 0 Å². The highest BCUT2D eigenvalue weighted by atomic mass is 16.5. The molecule has 7 nitrogen and oxygen atoms in total. The summed E-state index contributed by atoms with van der Waals surface area (Å²) in [5, 5.41) is 7.35. The topological polar surface area (TPSA) is 85.4 Å². The van der Waals surface area contributed by atoms with Crippen molar-refractivity contribution in [1.82, 2.24) is 15.1 Å². The van der Waals surface area contributed by atoms with Crippen LogP contribution in [0.1, 0.15) is 25.7 Å². The van der Waals surface area contributed by atoms with Crippen LogP contribution in [0.4, 0.5) is 5.69 Å². The summed E-state index contributed by atoms with van der Waals surface area (Å²) in [6.07, 6.45) is 7.31. The van der Waals surface area contributed by atoms with Gasteiger partial charge in [-0.3, -0.25) is 9.48 Å². The number of carbonyl (C=O) groups is 1. The minimum Gasteiger partial charge on any atom is -0.367 e. The van der Waals surface area contributed by atoms with Crippen LogP contribution >= 0.6 is 0 Å². The Labute approximate surface area is 130 Å². The van der Waals surface area contributed by atoms with Gasteiger partial charge in [0.25, 0.3) is 0 Å². The lowest BCUT2D eigenvalue weighted by Gasteiger charge is -2.34.